The van der Waals surface area contributed by atoms with Crippen molar-refractivity contribution >= 4 is 23.9 Å². The van der Waals surface area contributed by atoms with E-state index < -0.39 is 48.0 Å². The first-order valence-electron chi connectivity index (χ1n) is 10.2. The third-order valence-electron chi connectivity index (χ3n) is 4.01. The van der Waals surface area contributed by atoms with Crippen LogP contribution in [0.2, 0.25) is 0 Å². The normalized spacial score (nSPS) is 13.6. The minimum atomic E-state index is -0.931. The van der Waals surface area contributed by atoms with Gasteiger partial charge in [0, 0.05) is 21.1 Å². The van der Waals surface area contributed by atoms with Gasteiger partial charge in [0.2, 0.25) is 0 Å². The molecule has 0 radical (unpaired) electrons. The summed E-state index contributed by atoms with van der Waals surface area (Å²) >= 11 is 0. The molecule has 0 saturated heterocycles. The Bertz CT molecular complexity index is 464. The Hall–Kier alpha value is -1.59. The third-order valence-corrected chi connectivity index (χ3v) is 4.01. The van der Waals surface area contributed by atoms with Gasteiger partial charge >= 0.3 is 23.9 Å². The standard InChI is InChI=1S/4C5H11NO2.Mo/c4*1-3(2)4(6)5(7)8;/h4*3-4H,6H2,1-2H3,(H,7,8);/t4*4-;/m0000./s1. The van der Waals surface area contributed by atoms with Gasteiger partial charge in [0.15, 0.2) is 0 Å². The Morgan fingerprint density at radius 1 is 0.424 bits per heavy atom. The van der Waals surface area contributed by atoms with Gasteiger partial charge in [0.05, 0.1) is 0 Å². The number of carboxylic acid groups (broad SMARTS) is 4. The van der Waals surface area contributed by atoms with Crippen LogP contribution in [0.25, 0.3) is 0 Å². The predicted molar refractivity (Wildman–Crippen MR) is 122 cm³/mol. The molecule has 0 aliphatic carbocycles. The summed E-state index contributed by atoms with van der Waals surface area (Å²) in [4.78, 5) is 40.1. The van der Waals surface area contributed by atoms with Gasteiger partial charge < -0.3 is 43.4 Å². The molecule has 0 aromatic heterocycles. The molecule has 0 aliphatic heterocycles. The molecule has 0 rings (SSSR count). The van der Waals surface area contributed by atoms with Gasteiger partial charge in [0.25, 0.3) is 0 Å². The summed E-state index contributed by atoms with van der Waals surface area (Å²) in [6.07, 6.45) is 0. The van der Waals surface area contributed by atoms with E-state index in [9.17, 15) is 19.2 Å². The van der Waals surface area contributed by atoms with E-state index in [1.807, 2.05) is 0 Å². The molecule has 0 fully saturated rings. The topological polar surface area (TPSA) is 253 Å². The number of nitrogens with two attached hydrogens (primary N) is 4. The summed E-state index contributed by atoms with van der Waals surface area (Å²) in [6, 6.07) is -2.85. The summed E-state index contributed by atoms with van der Waals surface area (Å²) in [7, 11) is 0. The minimum Gasteiger partial charge on any atom is -0.480 e. The Balaban J connectivity index is -0.000000105. The summed E-state index contributed by atoms with van der Waals surface area (Å²) in [5.41, 5.74) is 20.6. The second kappa shape index (κ2) is 22.2. The van der Waals surface area contributed by atoms with Crippen LogP contribution in [0.3, 0.4) is 0 Å². The molecular formula is C20H44MoN4O8. The second-order valence-corrected chi connectivity index (χ2v) is 8.43. The van der Waals surface area contributed by atoms with E-state index in [2.05, 4.69) is 0 Å². The summed E-state index contributed by atoms with van der Waals surface area (Å²) < 4.78 is 0. The van der Waals surface area contributed by atoms with Gasteiger partial charge in [-0.1, -0.05) is 55.4 Å². The van der Waals surface area contributed by atoms with Crippen molar-refractivity contribution in [3.8, 4) is 0 Å². The minimum absolute atomic E-state index is 0. The Morgan fingerprint density at radius 3 is 0.515 bits per heavy atom. The average molecular weight is 565 g/mol. The molecule has 198 valence electrons. The van der Waals surface area contributed by atoms with E-state index >= 15 is 0 Å². The van der Waals surface area contributed by atoms with Crippen LogP contribution in [0.5, 0.6) is 0 Å². The van der Waals surface area contributed by atoms with Crippen molar-refractivity contribution in [2.24, 2.45) is 46.6 Å². The first-order valence-corrected chi connectivity index (χ1v) is 10.2. The summed E-state index contributed by atoms with van der Waals surface area (Å²) in [6.45, 7) is 14.2. The molecule has 0 spiro atoms. The smallest absolute Gasteiger partial charge is 0.320 e. The molecule has 0 aliphatic rings. The molecule has 12 N–H and O–H groups in total. The zero-order valence-electron chi connectivity index (χ0n) is 20.8. The fourth-order valence-electron chi connectivity index (χ4n) is 1.14. The monoisotopic (exact) mass is 566 g/mol. The number of rotatable bonds is 8. The number of carboxylic acids is 4. The maximum Gasteiger partial charge on any atom is 0.320 e. The molecule has 0 amide bonds. The van der Waals surface area contributed by atoms with Gasteiger partial charge in [0.1, 0.15) is 24.2 Å². The number of carbonyl (C=O) groups is 4. The van der Waals surface area contributed by atoms with E-state index in [4.69, 9.17) is 43.4 Å². The van der Waals surface area contributed by atoms with Gasteiger partial charge in [-0.15, -0.1) is 0 Å². The molecular weight excluding hydrogens is 520 g/mol. The predicted octanol–water partition coefficient (Wildman–Crippen LogP) is 0.215. The van der Waals surface area contributed by atoms with Gasteiger partial charge in [-0.3, -0.25) is 19.2 Å². The zero-order chi connectivity index (χ0) is 26.9. The van der Waals surface area contributed by atoms with Crippen LogP contribution in [0.1, 0.15) is 55.4 Å². The molecule has 0 aromatic rings. The number of hydrogen-bond donors (Lipinski definition) is 8. The van der Waals surface area contributed by atoms with Crippen molar-refractivity contribution < 1.29 is 60.7 Å². The fourth-order valence-corrected chi connectivity index (χ4v) is 1.14. The Labute approximate surface area is 210 Å². The summed E-state index contributed by atoms with van der Waals surface area (Å²) in [5.74, 6) is -3.64. The van der Waals surface area contributed by atoms with E-state index in [-0.39, 0.29) is 44.7 Å². The van der Waals surface area contributed by atoms with Crippen LogP contribution in [0, 0.1) is 23.7 Å². The quantitative estimate of drug-likeness (QED) is 0.184. The van der Waals surface area contributed by atoms with Crippen molar-refractivity contribution in [3.63, 3.8) is 0 Å². The molecule has 0 aromatic carbocycles. The molecule has 0 unspecified atom stereocenters. The molecule has 0 heterocycles. The van der Waals surface area contributed by atoms with Crippen molar-refractivity contribution in [1.82, 2.24) is 0 Å². The zero-order valence-corrected chi connectivity index (χ0v) is 22.8. The summed E-state index contributed by atoms with van der Waals surface area (Å²) in [5, 5.41) is 32.9. The van der Waals surface area contributed by atoms with E-state index in [0.717, 1.165) is 0 Å². The Kier molecular flexibility index (Phi) is 28.0. The number of aliphatic carboxylic acids is 4. The van der Waals surface area contributed by atoms with Crippen LogP contribution in [-0.2, 0) is 40.2 Å². The number of hydrogen-bond acceptors (Lipinski definition) is 8. The molecule has 0 saturated carbocycles. The Morgan fingerprint density at radius 2 is 0.515 bits per heavy atom. The van der Waals surface area contributed by atoms with Crippen molar-refractivity contribution in [3.05, 3.63) is 0 Å². The maximum atomic E-state index is 10.0. The van der Waals surface area contributed by atoms with Crippen LogP contribution < -0.4 is 22.9 Å². The molecule has 13 heteroatoms. The van der Waals surface area contributed by atoms with Crippen molar-refractivity contribution in [1.29, 1.82) is 0 Å². The van der Waals surface area contributed by atoms with Crippen LogP contribution >= 0.6 is 0 Å². The van der Waals surface area contributed by atoms with Crippen LogP contribution in [-0.4, -0.2) is 68.5 Å². The maximum absolute atomic E-state index is 10.0. The van der Waals surface area contributed by atoms with Crippen molar-refractivity contribution in [2.75, 3.05) is 0 Å². The van der Waals surface area contributed by atoms with E-state index in [1.54, 1.807) is 55.4 Å². The molecule has 33 heavy (non-hydrogen) atoms. The van der Waals surface area contributed by atoms with Gasteiger partial charge in [-0.25, -0.2) is 0 Å². The van der Waals surface area contributed by atoms with Gasteiger partial charge in [-0.2, -0.15) is 0 Å². The van der Waals surface area contributed by atoms with Gasteiger partial charge in [-0.05, 0) is 23.7 Å². The van der Waals surface area contributed by atoms with E-state index in [0.29, 0.717) is 0 Å². The third kappa shape index (κ3) is 26.5. The average Bonchev–Trinajstić information content (AvgIpc) is 2.65. The largest absolute Gasteiger partial charge is 0.480 e. The first-order chi connectivity index (χ1) is 14.2. The fraction of sp³-hybridized carbons (Fsp3) is 0.800. The SMILES string of the molecule is CC(C)[C@H](N)C(=O)O.CC(C)[C@H](N)C(=O)O.CC(C)[C@H](N)C(=O)O.CC(C)[C@H](N)C(=O)O.[Mo]. The van der Waals surface area contributed by atoms with Crippen LogP contribution in [0.4, 0.5) is 0 Å². The van der Waals surface area contributed by atoms with E-state index in [1.165, 1.54) is 0 Å². The molecule has 0 bridgehead atoms. The molecule has 4 atom stereocenters. The molecule has 12 nitrogen and oxygen atoms in total. The van der Waals surface area contributed by atoms with Crippen molar-refractivity contribution in [2.45, 2.75) is 79.6 Å². The first kappa shape index (κ1) is 41.6. The second-order valence-electron chi connectivity index (χ2n) is 8.43. The van der Waals surface area contributed by atoms with Crippen LogP contribution in [0.15, 0.2) is 0 Å².